The highest BCUT2D eigenvalue weighted by molar-refractivity contribution is 7.91. The lowest BCUT2D eigenvalue weighted by Crippen LogP contribution is -2.36. The molecular weight excluding hydrogens is 520 g/mol. The molecule has 0 bridgehead atoms. The van der Waals surface area contributed by atoms with E-state index in [-0.39, 0.29) is 28.7 Å². The quantitative estimate of drug-likeness (QED) is 0.387. The highest BCUT2D eigenvalue weighted by Crippen LogP contribution is 2.44. The number of ether oxygens (including phenoxy) is 1. The molecule has 1 aromatic heterocycles. The molecule has 2 unspecified atom stereocenters. The smallest absolute Gasteiger partial charge is 0.256 e. The third-order valence-corrected chi connectivity index (χ3v) is 10.6. The van der Waals surface area contributed by atoms with E-state index in [1.54, 1.807) is 24.3 Å². The van der Waals surface area contributed by atoms with E-state index in [4.69, 9.17) is 4.74 Å². The van der Waals surface area contributed by atoms with Gasteiger partial charge in [-0.1, -0.05) is 40.5 Å². The number of thiophene rings is 1. The topological polar surface area (TPSA) is 102 Å². The van der Waals surface area contributed by atoms with Crippen LogP contribution in [-0.4, -0.2) is 44.4 Å². The summed E-state index contributed by atoms with van der Waals surface area (Å²) < 4.78 is 29.6. The van der Waals surface area contributed by atoms with Crippen molar-refractivity contribution >= 4 is 38.0 Å². The van der Waals surface area contributed by atoms with Gasteiger partial charge in [0.1, 0.15) is 10.8 Å². The Morgan fingerprint density at radius 3 is 2.45 bits per heavy atom. The number of carbonyl (C=O) groups is 2. The molecule has 2 N–H and O–H groups in total. The summed E-state index contributed by atoms with van der Waals surface area (Å²) in [6.07, 6.45) is 6.26. The summed E-state index contributed by atoms with van der Waals surface area (Å²) in [6.45, 7) is 9.52. The normalized spacial score (nSPS) is 20.5. The Morgan fingerprint density at radius 2 is 1.82 bits per heavy atom. The molecule has 2 atom stereocenters. The van der Waals surface area contributed by atoms with Crippen molar-refractivity contribution in [2.75, 3.05) is 23.4 Å². The SMILES string of the molecule is CCCCCOc1ccc(C(=O)Nc2sc3c(c2C(=O)NC2CCS(=O)(=O)C2)CCC(C(C)(C)C)C3)cc1. The molecule has 0 radical (unpaired) electrons. The van der Waals surface area contributed by atoms with Gasteiger partial charge in [0.25, 0.3) is 11.8 Å². The highest BCUT2D eigenvalue weighted by Gasteiger charge is 2.36. The van der Waals surface area contributed by atoms with Gasteiger partial charge in [0.15, 0.2) is 9.84 Å². The van der Waals surface area contributed by atoms with Gasteiger partial charge in [0.05, 0.1) is 23.7 Å². The van der Waals surface area contributed by atoms with Gasteiger partial charge in [0, 0.05) is 16.5 Å². The number of hydrogen-bond donors (Lipinski definition) is 2. The van der Waals surface area contributed by atoms with Crippen LogP contribution in [0, 0.1) is 11.3 Å². The van der Waals surface area contributed by atoms with Gasteiger partial charge in [-0.3, -0.25) is 9.59 Å². The van der Waals surface area contributed by atoms with Crippen molar-refractivity contribution in [1.29, 1.82) is 0 Å². The van der Waals surface area contributed by atoms with Gasteiger partial charge in [-0.15, -0.1) is 11.3 Å². The average Bonchev–Trinajstić information content (AvgIpc) is 3.39. The second kappa shape index (κ2) is 11.8. The number of sulfone groups is 1. The standard InChI is InChI=1S/C29H40N2O5S2/c1-5-6-7-15-36-22-11-8-19(9-12-22)26(32)31-28-25(27(33)30-21-14-16-38(34,35)18-21)23-13-10-20(29(2,3)4)17-24(23)37-28/h8-9,11-12,20-21H,5-7,10,13-18H2,1-4H3,(H,30,33)(H,31,32). The summed E-state index contributed by atoms with van der Waals surface area (Å²) >= 11 is 1.47. The second-order valence-electron chi connectivity index (χ2n) is 11.6. The largest absolute Gasteiger partial charge is 0.494 e. The van der Waals surface area contributed by atoms with Gasteiger partial charge < -0.3 is 15.4 Å². The minimum atomic E-state index is -3.12. The van der Waals surface area contributed by atoms with Crippen molar-refractivity contribution < 1.29 is 22.7 Å². The van der Waals surface area contributed by atoms with Gasteiger partial charge in [0.2, 0.25) is 0 Å². The molecule has 0 spiro atoms. The van der Waals surface area contributed by atoms with Crippen molar-refractivity contribution in [1.82, 2.24) is 5.32 Å². The number of benzene rings is 1. The lowest BCUT2D eigenvalue weighted by Gasteiger charge is -2.33. The predicted octanol–water partition coefficient (Wildman–Crippen LogP) is 5.64. The second-order valence-corrected chi connectivity index (χ2v) is 15.0. The zero-order chi connectivity index (χ0) is 27.5. The number of hydrogen-bond acceptors (Lipinski definition) is 6. The highest BCUT2D eigenvalue weighted by atomic mass is 32.2. The number of amides is 2. The molecule has 1 aliphatic heterocycles. The molecule has 38 heavy (non-hydrogen) atoms. The minimum absolute atomic E-state index is 0.0360. The van der Waals surface area contributed by atoms with Crippen LogP contribution < -0.4 is 15.4 Å². The van der Waals surface area contributed by atoms with E-state index < -0.39 is 15.9 Å². The number of rotatable bonds is 9. The van der Waals surface area contributed by atoms with Crippen molar-refractivity contribution in [3.8, 4) is 5.75 Å². The first-order chi connectivity index (χ1) is 18.0. The van der Waals surface area contributed by atoms with Gasteiger partial charge >= 0.3 is 0 Å². The van der Waals surface area contributed by atoms with Crippen molar-refractivity contribution in [3.63, 3.8) is 0 Å². The van der Waals surface area contributed by atoms with Gasteiger partial charge in [-0.05, 0) is 73.3 Å². The van der Waals surface area contributed by atoms with Crippen LogP contribution in [0.3, 0.4) is 0 Å². The number of anilines is 1. The van der Waals surface area contributed by atoms with E-state index in [2.05, 4.69) is 38.3 Å². The van der Waals surface area contributed by atoms with Crippen molar-refractivity contribution in [2.45, 2.75) is 78.7 Å². The maximum atomic E-state index is 13.5. The maximum absolute atomic E-state index is 13.5. The molecule has 7 nitrogen and oxygen atoms in total. The summed E-state index contributed by atoms with van der Waals surface area (Å²) in [5.74, 6) is 0.679. The summed E-state index contributed by atoms with van der Waals surface area (Å²) in [7, 11) is -3.12. The molecule has 9 heteroatoms. The van der Waals surface area contributed by atoms with Crippen molar-refractivity contribution in [2.24, 2.45) is 11.3 Å². The first-order valence-corrected chi connectivity index (χ1v) is 16.3. The molecule has 2 heterocycles. The van der Waals surface area contributed by atoms with E-state index >= 15 is 0 Å². The molecule has 2 amide bonds. The molecule has 0 saturated carbocycles. The summed E-state index contributed by atoms with van der Waals surface area (Å²) in [6, 6.07) is 6.65. The van der Waals surface area contributed by atoms with Crippen LogP contribution >= 0.6 is 11.3 Å². The molecule has 4 rings (SSSR count). The number of carbonyl (C=O) groups excluding carboxylic acids is 2. The Hall–Kier alpha value is -2.39. The van der Waals surface area contributed by atoms with E-state index in [0.29, 0.717) is 35.1 Å². The Labute approximate surface area is 230 Å². The zero-order valence-corrected chi connectivity index (χ0v) is 24.5. The van der Waals surface area contributed by atoms with Crippen LogP contribution in [0.1, 0.15) is 91.0 Å². The third-order valence-electron chi connectivity index (χ3n) is 7.64. The zero-order valence-electron chi connectivity index (χ0n) is 22.9. The summed E-state index contributed by atoms with van der Waals surface area (Å²) in [5, 5.41) is 6.47. The fraction of sp³-hybridized carbons (Fsp3) is 0.586. The van der Waals surface area contributed by atoms with Crippen LogP contribution in [0.25, 0.3) is 0 Å². The molecule has 2 aliphatic rings. The molecule has 208 valence electrons. The van der Waals surface area contributed by atoms with E-state index in [1.807, 2.05) is 0 Å². The van der Waals surface area contributed by atoms with Crippen LogP contribution in [0.15, 0.2) is 24.3 Å². The minimum Gasteiger partial charge on any atom is -0.494 e. The summed E-state index contributed by atoms with van der Waals surface area (Å²) in [5.41, 5.74) is 2.11. The Balaban J connectivity index is 1.54. The van der Waals surface area contributed by atoms with Crippen LogP contribution in [0.4, 0.5) is 5.00 Å². The van der Waals surface area contributed by atoms with Crippen LogP contribution in [-0.2, 0) is 22.7 Å². The number of fused-ring (bicyclic) bond motifs is 1. The molecule has 2 aromatic rings. The predicted molar refractivity (Wildman–Crippen MR) is 153 cm³/mol. The molecule has 1 saturated heterocycles. The average molecular weight is 561 g/mol. The molecule has 1 aromatic carbocycles. The fourth-order valence-corrected chi connectivity index (χ4v) is 8.23. The third kappa shape index (κ3) is 6.97. The number of nitrogens with one attached hydrogen (secondary N) is 2. The van der Waals surface area contributed by atoms with E-state index in [1.165, 1.54) is 11.3 Å². The monoisotopic (exact) mass is 560 g/mol. The van der Waals surface area contributed by atoms with E-state index in [9.17, 15) is 18.0 Å². The first kappa shape index (κ1) is 28.6. The Bertz CT molecular complexity index is 1260. The van der Waals surface area contributed by atoms with Crippen LogP contribution in [0.5, 0.6) is 5.75 Å². The maximum Gasteiger partial charge on any atom is 0.256 e. The Kier molecular flexibility index (Phi) is 8.87. The van der Waals surface area contributed by atoms with E-state index in [0.717, 1.165) is 54.7 Å². The van der Waals surface area contributed by atoms with Gasteiger partial charge in [-0.25, -0.2) is 8.42 Å². The van der Waals surface area contributed by atoms with Gasteiger partial charge in [-0.2, -0.15) is 0 Å². The Morgan fingerprint density at radius 1 is 1.08 bits per heavy atom. The number of unbranched alkanes of at least 4 members (excludes halogenated alkanes) is 2. The molecule has 1 fully saturated rings. The molecule has 1 aliphatic carbocycles. The molecular formula is C29H40N2O5S2. The lowest BCUT2D eigenvalue weighted by molar-refractivity contribution is 0.0941. The van der Waals surface area contributed by atoms with Crippen molar-refractivity contribution in [3.05, 3.63) is 45.8 Å². The summed E-state index contributed by atoms with van der Waals surface area (Å²) in [4.78, 5) is 27.8. The lowest BCUT2D eigenvalue weighted by atomic mass is 9.72. The van der Waals surface area contributed by atoms with Crippen LogP contribution in [0.2, 0.25) is 0 Å². The first-order valence-electron chi connectivity index (χ1n) is 13.7. The fourth-order valence-electron chi connectivity index (χ4n) is 5.24.